The first-order chi connectivity index (χ1) is 6.89. The smallest absolute Gasteiger partial charge is 0.0306 e. The van der Waals surface area contributed by atoms with Gasteiger partial charge in [-0.15, -0.1) is 0 Å². The van der Waals surface area contributed by atoms with Gasteiger partial charge in [0.05, 0.1) is 0 Å². The van der Waals surface area contributed by atoms with Gasteiger partial charge in [-0.05, 0) is 31.1 Å². The van der Waals surface area contributed by atoms with E-state index >= 15 is 0 Å². The van der Waals surface area contributed by atoms with Crippen molar-refractivity contribution in [3.8, 4) is 0 Å². The summed E-state index contributed by atoms with van der Waals surface area (Å²) in [7, 11) is 0. The van der Waals surface area contributed by atoms with Crippen LogP contribution in [0.15, 0.2) is 0 Å². The Morgan fingerprint density at radius 2 is 1.73 bits per heavy atom. The van der Waals surface area contributed by atoms with Gasteiger partial charge in [-0.25, -0.2) is 0 Å². The Labute approximate surface area is 95.2 Å². The Hall–Kier alpha value is -0.0800. The van der Waals surface area contributed by atoms with Gasteiger partial charge < -0.3 is 5.73 Å². The van der Waals surface area contributed by atoms with Crippen molar-refractivity contribution >= 4 is 0 Å². The summed E-state index contributed by atoms with van der Waals surface area (Å²) < 4.78 is 0. The molecule has 0 aromatic carbocycles. The van der Waals surface area contributed by atoms with E-state index in [2.05, 4.69) is 39.5 Å². The third kappa shape index (κ3) is 2.94. The number of nitrogens with two attached hydrogens (primary N) is 1. The highest BCUT2D eigenvalue weighted by molar-refractivity contribution is 4.93. The van der Waals surface area contributed by atoms with Crippen LogP contribution in [0.2, 0.25) is 0 Å². The fraction of sp³-hybridized carbons (Fsp3) is 1.00. The molecule has 1 heterocycles. The van der Waals surface area contributed by atoms with Crippen LogP contribution in [0.4, 0.5) is 0 Å². The van der Waals surface area contributed by atoms with Gasteiger partial charge >= 0.3 is 0 Å². The van der Waals surface area contributed by atoms with Crippen molar-refractivity contribution in [2.24, 2.45) is 23.5 Å². The lowest BCUT2D eigenvalue weighted by atomic mass is 9.89. The van der Waals surface area contributed by atoms with E-state index in [1.54, 1.807) is 0 Å². The zero-order chi connectivity index (χ0) is 11.6. The van der Waals surface area contributed by atoms with Gasteiger partial charge in [0.15, 0.2) is 0 Å². The zero-order valence-electron chi connectivity index (χ0n) is 11.1. The third-order valence-corrected chi connectivity index (χ3v) is 4.04. The van der Waals surface area contributed by atoms with Crippen LogP contribution in [-0.4, -0.2) is 30.1 Å². The fourth-order valence-corrected chi connectivity index (χ4v) is 2.79. The Bertz CT molecular complexity index is 193. The fourth-order valence-electron chi connectivity index (χ4n) is 2.79. The summed E-state index contributed by atoms with van der Waals surface area (Å²) in [4.78, 5) is 2.61. The van der Waals surface area contributed by atoms with Crippen LogP contribution in [0.3, 0.4) is 0 Å². The first kappa shape index (κ1) is 13.0. The normalized spacial score (nSPS) is 32.2. The molecule has 1 fully saturated rings. The standard InChI is InChI=1S/C13H28N2/c1-10(2)6-13(5,9-14)15-7-11(3)12(4)8-15/h10-12H,6-9,14H2,1-5H3. The van der Waals surface area contributed by atoms with Crippen molar-refractivity contribution in [1.82, 2.24) is 4.90 Å². The summed E-state index contributed by atoms with van der Waals surface area (Å²) in [6.45, 7) is 14.9. The van der Waals surface area contributed by atoms with E-state index in [0.29, 0.717) is 0 Å². The van der Waals surface area contributed by atoms with Crippen LogP contribution in [-0.2, 0) is 0 Å². The Kier molecular flexibility index (Phi) is 4.19. The Morgan fingerprint density at radius 3 is 2.07 bits per heavy atom. The van der Waals surface area contributed by atoms with Gasteiger partial charge in [-0.1, -0.05) is 27.7 Å². The molecule has 0 radical (unpaired) electrons. The highest BCUT2D eigenvalue weighted by atomic mass is 15.2. The molecule has 2 heteroatoms. The summed E-state index contributed by atoms with van der Waals surface area (Å²) >= 11 is 0. The van der Waals surface area contributed by atoms with Gasteiger partial charge in [0.1, 0.15) is 0 Å². The molecule has 15 heavy (non-hydrogen) atoms. The van der Waals surface area contributed by atoms with Crippen LogP contribution in [0.5, 0.6) is 0 Å². The van der Waals surface area contributed by atoms with E-state index in [9.17, 15) is 0 Å². The SMILES string of the molecule is CC(C)CC(C)(CN)N1CC(C)C(C)C1. The number of rotatable bonds is 4. The Balaban J connectivity index is 2.66. The number of hydrogen-bond donors (Lipinski definition) is 1. The largest absolute Gasteiger partial charge is 0.329 e. The maximum atomic E-state index is 5.98. The molecule has 1 aliphatic heterocycles. The molecule has 90 valence electrons. The van der Waals surface area contributed by atoms with Crippen molar-refractivity contribution in [2.45, 2.75) is 46.6 Å². The van der Waals surface area contributed by atoms with Crippen LogP contribution >= 0.6 is 0 Å². The van der Waals surface area contributed by atoms with Crippen LogP contribution in [0, 0.1) is 17.8 Å². The van der Waals surface area contributed by atoms with E-state index < -0.39 is 0 Å². The van der Waals surface area contributed by atoms with Crippen LogP contribution in [0.1, 0.15) is 41.0 Å². The van der Waals surface area contributed by atoms with E-state index in [4.69, 9.17) is 5.73 Å². The minimum absolute atomic E-state index is 0.215. The van der Waals surface area contributed by atoms with E-state index in [0.717, 1.165) is 24.3 Å². The van der Waals surface area contributed by atoms with Crippen molar-refractivity contribution < 1.29 is 0 Å². The molecule has 0 spiro atoms. The molecular formula is C13H28N2. The zero-order valence-corrected chi connectivity index (χ0v) is 11.1. The second-order valence-electron chi connectivity index (χ2n) is 6.16. The Morgan fingerprint density at radius 1 is 1.27 bits per heavy atom. The molecule has 0 saturated carbocycles. The summed E-state index contributed by atoms with van der Waals surface area (Å²) in [5.41, 5.74) is 6.20. The van der Waals surface area contributed by atoms with E-state index in [-0.39, 0.29) is 5.54 Å². The maximum absolute atomic E-state index is 5.98. The monoisotopic (exact) mass is 212 g/mol. The second-order valence-corrected chi connectivity index (χ2v) is 6.16. The molecule has 0 aliphatic carbocycles. The molecule has 2 nitrogen and oxygen atoms in total. The molecule has 0 bridgehead atoms. The molecule has 3 unspecified atom stereocenters. The van der Waals surface area contributed by atoms with E-state index in [1.807, 2.05) is 0 Å². The van der Waals surface area contributed by atoms with Gasteiger partial charge in [0, 0.05) is 25.2 Å². The summed E-state index contributed by atoms with van der Waals surface area (Å²) in [6, 6.07) is 0. The van der Waals surface area contributed by atoms with Crippen molar-refractivity contribution in [2.75, 3.05) is 19.6 Å². The predicted molar refractivity (Wildman–Crippen MR) is 66.8 cm³/mol. The van der Waals surface area contributed by atoms with Crippen molar-refractivity contribution in [1.29, 1.82) is 0 Å². The minimum atomic E-state index is 0.215. The first-order valence-corrected chi connectivity index (χ1v) is 6.34. The molecule has 1 aliphatic rings. The predicted octanol–water partition coefficient (Wildman–Crippen LogP) is 2.34. The van der Waals surface area contributed by atoms with Gasteiger partial charge in [0.25, 0.3) is 0 Å². The average Bonchev–Trinajstić information content (AvgIpc) is 2.46. The molecular weight excluding hydrogens is 184 g/mol. The highest BCUT2D eigenvalue weighted by Crippen LogP contribution is 2.31. The minimum Gasteiger partial charge on any atom is -0.329 e. The van der Waals surface area contributed by atoms with Gasteiger partial charge in [-0.2, -0.15) is 0 Å². The van der Waals surface area contributed by atoms with Crippen LogP contribution < -0.4 is 5.73 Å². The van der Waals surface area contributed by atoms with Crippen molar-refractivity contribution in [3.63, 3.8) is 0 Å². The summed E-state index contributed by atoms with van der Waals surface area (Å²) in [5, 5.41) is 0. The quantitative estimate of drug-likeness (QED) is 0.775. The summed E-state index contributed by atoms with van der Waals surface area (Å²) in [6.07, 6.45) is 1.21. The van der Waals surface area contributed by atoms with Crippen molar-refractivity contribution in [3.05, 3.63) is 0 Å². The number of likely N-dealkylation sites (tertiary alicyclic amines) is 1. The number of hydrogen-bond acceptors (Lipinski definition) is 2. The summed E-state index contributed by atoms with van der Waals surface area (Å²) in [5.74, 6) is 2.37. The highest BCUT2D eigenvalue weighted by Gasteiger charge is 2.37. The molecule has 0 aromatic heterocycles. The lowest BCUT2D eigenvalue weighted by Gasteiger charge is -2.39. The van der Waals surface area contributed by atoms with Gasteiger partial charge in [-0.3, -0.25) is 4.90 Å². The van der Waals surface area contributed by atoms with E-state index in [1.165, 1.54) is 19.5 Å². The molecule has 1 saturated heterocycles. The maximum Gasteiger partial charge on any atom is 0.0306 e. The molecule has 0 aromatic rings. The first-order valence-electron chi connectivity index (χ1n) is 6.34. The topological polar surface area (TPSA) is 29.3 Å². The lowest BCUT2D eigenvalue weighted by Crippen LogP contribution is -2.51. The third-order valence-electron chi connectivity index (χ3n) is 4.04. The molecule has 0 amide bonds. The van der Waals surface area contributed by atoms with Crippen LogP contribution in [0.25, 0.3) is 0 Å². The molecule has 1 rings (SSSR count). The van der Waals surface area contributed by atoms with Gasteiger partial charge in [0.2, 0.25) is 0 Å². The second kappa shape index (κ2) is 4.84. The molecule has 3 atom stereocenters. The lowest BCUT2D eigenvalue weighted by molar-refractivity contribution is 0.111. The average molecular weight is 212 g/mol. The molecule has 2 N–H and O–H groups in total. The number of nitrogens with zero attached hydrogens (tertiary/aromatic N) is 1.